The monoisotopic (exact) mass is 212 g/mol. The van der Waals surface area contributed by atoms with E-state index in [4.69, 9.17) is 11.6 Å². The molecule has 0 amide bonds. The van der Waals surface area contributed by atoms with Gasteiger partial charge in [-0.05, 0) is 19.8 Å². The number of Topliss-reactive ketones (excluding diaryl/α,β-unsaturated/α-hetero) is 1. The minimum absolute atomic E-state index is 0.141. The number of hydrogen-bond acceptors (Lipinski definition) is 2. The van der Waals surface area contributed by atoms with E-state index in [-0.39, 0.29) is 11.2 Å². The Balaban J connectivity index is 2.39. The zero-order chi connectivity index (χ0) is 10.3. The number of ketones is 1. The average molecular weight is 213 g/mol. The van der Waals surface area contributed by atoms with Gasteiger partial charge in [-0.2, -0.15) is 5.10 Å². The van der Waals surface area contributed by atoms with Gasteiger partial charge in [0.05, 0.1) is 11.2 Å². The summed E-state index contributed by atoms with van der Waals surface area (Å²) in [5, 5.41) is 4.54. The molecule has 4 heteroatoms. The zero-order valence-corrected chi connectivity index (χ0v) is 9.14. The van der Waals surface area contributed by atoms with Gasteiger partial charge in [0.1, 0.15) is 5.69 Å². The number of carbonyl (C=O) groups is 1. The van der Waals surface area contributed by atoms with Crippen LogP contribution < -0.4 is 0 Å². The van der Waals surface area contributed by atoms with Crippen molar-refractivity contribution < 1.29 is 4.79 Å². The first-order valence-electron chi connectivity index (χ1n) is 4.84. The van der Waals surface area contributed by atoms with Crippen molar-refractivity contribution in [2.24, 2.45) is 5.41 Å². The molecule has 1 heterocycles. The van der Waals surface area contributed by atoms with E-state index in [0.29, 0.717) is 17.3 Å². The zero-order valence-electron chi connectivity index (χ0n) is 8.38. The Labute approximate surface area is 88.1 Å². The van der Waals surface area contributed by atoms with E-state index in [1.807, 2.05) is 13.8 Å². The van der Waals surface area contributed by atoms with Crippen LogP contribution in [0.1, 0.15) is 37.2 Å². The van der Waals surface area contributed by atoms with Gasteiger partial charge in [0, 0.05) is 12.0 Å². The number of halogens is 1. The fraction of sp³-hybridized carbons (Fsp3) is 0.600. The smallest absolute Gasteiger partial charge is 0.188 e. The van der Waals surface area contributed by atoms with Crippen LogP contribution in [0.2, 0.25) is 5.02 Å². The largest absolute Gasteiger partial charge is 0.292 e. The molecule has 0 N–H and O–H groups in total. The van der Waals surface area contributed by atoms with Crippen molar-refractivity contribution in [3.8, 4) is 0 Å². The molecular weight excluding hydrogens is 200 g/mol. The van der Waals surface area contributed by atoms with Crippen LogP contribution in [0.15, 0.2) is 6.20 Å². The summed E-state index contributed by atoms with van der Waals surface area (Å²) in [5.41, 5.74) is 0.408. The van der Waals surface area contributed by atoms with Crippen molar-refractivity contribution >= 4 is 17.4 Å². The molecule has 0 bridgehead atoms. The Kier molecular flexibility index (Phi) is 2.14. The van der Waals surface area contributed by atoms with Crippen molar-refractivity contribution in [3.05, 3.63) is 16.9 Å². The normalized spacial score (nSPS) is 18.2. The van der Waals surface area contributed by atoms with E-state index in [1.165, 1.54) is 0 Å². The summed E-state index contributed by atoms with van der Waals surface area (Å²) in [6, 6.07) is 0. The molecule has 0 radical (unpaired) electrons. The fourth-order valence-corrected chi connectivity index (χ4v) is 1.76. The van der Waals surface area contributed by atoms with Gasteiger partial charge in [0.15, 0.2) is 5.78 Å². The topological polar surface area (TPSA) is 34.9 Å². The average Bonchev–Trinajstić information content (AvgIpc) is 2.79. The van der Waals surface area contributed by atoms with Crippen LogP contribution in [0, 0.1) is 5.41 Å². The van der Waals surface area contributed by atoms with E-state index in [0.717, 1.165) is 12.8 Å². The molecule has 0 unspecified atom stereocenters. The molecule has 1 fully saturated rings. The Morgan fingerprint density at radius 2 is 2.36 bits per heavy atom. The van der Waals surface area contributed by atoms with Crippen LogP contribution in [-0.4, -0.2) is 15.6 Å². The maximum Gasteiger partial charge on any atom is 0.188 e. The number of aromatic nitrogens is 2. The molecule has 0 spiro atoms. The maximum absolute atomic E-state index is 12.0. The van der Waals surface area contributed by atoms with Gasteiger partial charge < -0.3 is 0 Å². The van der Waals surface area contributed by atoms with Gasteiger partial charge >= 0.3 is 0 Å². The quantitative estimate of drug-likeness (QED) is 0.722. The van der Waals surface area contributed by atoms with Gasteiger partial charge in [0.25, 0.3) is 0 Å². The highest BCUT2D eigenvalue weighted by atomic mass is 35.5. The lowest BCUT2D eigenvalue weighted by Crippen LogP contribution is -2.17. The lowest BCUT2D eigenvalue weighted by molar-refractivity contribution is 0.0901. The third kappa shape index (κ3) is 1.36. The first-order chi connectivity index (χ1) is 6.58. The molecule has 1 aliphatic carbocycles. The summed E-state index contributed by atoms with van der Waals surface area (Å²) in [5.74, 6) is 0.141. The summed E-state index contributed by atoms with van der Waals surface area (Å²) in [6.07, 6.45) is 3.48. The molecule has 1 aromatic heterocycles. The Hall–Kier alpha value is -0.830. The van der Waals surface area contributed by atoms with Crippen LogP contribution in [0.5, 0.6) is 0 Å². The van der Waals surface area contributed by atoms with Crippen molar-refractivity contribution in [1.82, 2.24) is 9.78 Å². The van der Waals surface area contributed by atoms with Gasteiger partial charge in [-0.3, -0.25) is 9.48 Å². The molecule has 14 heavy (non-hydrogen) atoms. The molecule has 0 aliphatic heterocycles. The molecule has 1 aromatic rings. The van der Waals surface area contributed by atoms with Crippen molar-refractivity contribution in [2.45, 2.75) is 33.2 Å². The van der Waals surface area contributed by atoms with E-state index < -0.39 is 0 Å². The van der Waals surface area contributed by atoms with E-state index in [1.54, 1.807) is 10.9 Å². The van der Waals surface area contributed by atoms with Crippen LogP contribution in [0.3, 0.4) is 0 Å². The first kappa shape index (κ1) is 9.71. The molecule has 0 saturated heterocycles. The Morgan fingerprint density at radius 1 is 1.71 bits per heavy atom. The predicted molar refractivity (Wildman–Crippen MR) is 54.6 cm³/mol. The molecular formula is C10H13ClN2O. The standard InChI is InChI=1S/C10H13ClN2O/c1-3-13-8(7(11)6-12-13)9(14)10(2)4-5-10/h6H,3-5H2,1-2H3. The summed E-state index contributed by atoms with van der Waals surface area (Å²) in [6.45, 7) is 4.62. The Bertz CT molecular complexity index is 379. The highest BCUT2D eigenvalue weighted by molar-refractivity contribution is 6.33. The third-order valence-corrected chi connectivity index (χ3v) is 3.13. The minimum atomic E-state index is -0.170. The third-order valence-electron chi connectivity index (χ3n) is 2.86. The van der Waals surface area contributed by atoms with Crippen LogP contribution in [-0.2, 0) is 6.54 Å². The van der Waals surface area contributed by atoms with Crippen molar-refractivity contribution in [3.63, 3.8) is 0 Å². The van der Waals surface area contributed by atoms with Crippen LogP contribution >= 0.6 is 11.6 Å². The molecule has 0 aromatic carbocycles. The van der Waals surface area contributed by atoms with E-state index >= 15 is 0 Å². The molecule has 2 rings (SSSR count). The number of rotatable bonds is 3. The van der Waals surface area contributed by atoms with E-state index in [9.17, 15) is 4.79 Å². The van der Waals surface area contributed by atoms with Crippen molar-refractivity contribution in [1.29, 1.82) is 0 Å². The highest BCUT2D eigenvalue weighted by Crippen LogP contribution is 2.48. The minimum Gasteiger partial charge on any atom is -0.292 e. The summed E-state index contributed by atoms with van der Waals surface area (Å²) in [4.78, 5) is 12.0. The summed E-state index contributed by atoms with van der Waals surface area (Å²) >= 11 is 5.95. The molecule has 0 atom stereocenters. The maximum atomic E-state index is 12.0. The number of hydrogen-bond donors (Lipinski definition) is 0. The first-order valence-corrected chi connectivity index (χ1v) is 5.22. The molecule has 76 valence electrons. The highest BCUT2D eigenvalue weighted by Gasteiger charge is 2.46. The lowest BCUT2D eigenvalue weighted by Gasteiger charge is -2.08. The summed E-state index contributed by atoms with van der Waals surface area (Å²) in [7, 11) is 0. The van der Waals surface area contributed by atoms with E-state index in [2.05, 4.69) is 5.10 Å². The second kappa shape index (κ2) is 3.09. The second-order valence-corrected chi connectivity index (χ2v) is 4.45. The number of nitrogens with zero attached hydrogens (tertiary/aromatic N) is 2. The molecule has 1 aliphatic rings. The predicted octanol–water partition coefficient (Wildman–Crippen LogP) is 2.54. The number of aryl methyl sites for hydroxylation is 1. The van der Waals surface area contributed by atoms with Crippen LogP contribution in [0.25, 0.3) is 0 Å². The fourth-order valence-electron chi connectivity index (χ4n) is 1.53. The van der Waals surface area contributed by atoms with Crippen LogP contribution in [0.4, 0.5) is 0 Å². The SMILES string of the molecule is CCn1ncc(Cl)c1C(=O)C1(C)CC1. The lowest BCUT2D eigenvalue weighted by atomic mass is 10.0. The second-order valence-electron chi connectivity index (χ2n) is 4.05. The summed E-state index contributed by atoms with van der Waals surface area (Å²) < 4.78 is 1.67. The van der Waals surface area contributed by atoms with Gasteiger partial charge in [-0.1, -0.05) is 18.5 Å². The van der Waals surface area contributed by atoms with Crippen molar-refractivity contribution in [2.75, 3.05) is 0 Å². The molecule has 1 saturated carbocycles. The molecule has 3 nitrogen and oxygen atoms in total. The Morgan fingerprint density at radius 3 is 2.86 bits per heavy atom. The number of carbonyl (C=O) groups excluding carboxylic acids is 1. The van der Waals surface area contributed by atoms with Gasteiger partial charge in [0.2, 0.25) is 0 Å². The van der Waals surface area contributed by atoms with Gasteiger partial charge in [-0.25, -0.2) is 0 Å². The van der Waals surface area contributed by atoms with Gasteiger partial charge in [-0.15, -0.1) is 0 Å².